The van der Waals surface area contributed by atoms with Crippen LogP contribution in [0.1, 0.15) is 55.7 Å². The van der Waals surface area contributed by atoms with Crippen molar-refractivity contribution in [3.8, 4) is 17.3 Å². The molecule has 0 radical (unpaired) electrons. The van der Waals surface area contributed by atoms with Gasteiger partial charge in [-0.15, -0.1) is 0 Å². The fourth-order valence-corrected chi connectivity index (χ4v) is 5.66. The fourth-order valence-electron chi connectivity index (χ4n) is 5.66. The summed E-state index contributed by atoms with van der Waals surface area (Å²) in [5.41, 5.74) is 6.66. The van der Waals surface area contributed by atoms with Gasteiger partial charge in [0.15, 0.2) is 5.82 Å². The summed E-state index contributed by atoms with van der Waals surface area (Å²) >= 11 is 0. The third-order valence-electron chi connectivity index (χ3n) is 8.10. The molecule has 3 aromatic carbocycles. The Morgan fingerprint density at radius 1 is 1.06 bits per heavy atom. The van der Waals surface area contributed by atoms with Crippen molar-refractivity contribution in [1.82, 2.24) is 35.1 Å². The molecule has 0 bridgehead atoms. The average molecular weight is 654 g/mol. The number of hydrogen-bond donors (Lipinski definition) is 6. The molecule has 1 atom stereocenters. The van der Waals surface area contributed by atoms with Crippen molar-refractivity contribution in [1.29, 1.82) is 0 Å². The summed E-state index contributed by atoms with van der Waals surface area (Å²) in [7, 11) is 0. The Bertz CT molecular complexity index is 2400. The number of nitrogen functional groups attached to an aromatic ring is 1. The Hall–Kier alpha value is -6.65. The number of aryl methyl sites for hydroxylation is 1. The summed E-state index contributed by atoms with van der Waals surface area (Å²) in [6, 6.07) is 10.5. The number of hydrogen-bond acceptors (Lipinski definition) is 12. The smallest absolute Gasteiger partial charge is 0.439 e. The topological polar surface area (TPSA) is 240 Å². The number of nitrogens with zero attached hydrogens (tertiary/aromatic N) is 4. The van der Waals surface area contributed by atoms with Crippen molar-refractivity contribution in [3.05, 3.63) is 119 Å². The van der Waals surface area contributed by atoms with Crippen LogP contribution in [0.2, 0.25) is 0 Å². The molecule has 7 N–H and O–H groups in total. The van der Waals surface area contributed by atoms with E-state index in [1.807, 2.05) is 12.1 Å². The molecule has 0 saturated carbocycles. The molecule has 0 unspecified atom stereocenters. The van der Waals surface area contributed by atoms with Crippen LogP contribution in [0, 0.1) is 5.82 Å². The first-order valence-corrected chi connectivity index (χ1v) is 14.5. The minimum atomic E-state index is -0.796. The van der Waals surface area contributed by atoms with E-state index in [0.29, 0.717) is 29.8 Å². The number of rotatable bonds is 9. The maximum Gasteiger partial charge on any atom is 0.439 e. The van der Waals surface area contributed by atoms with E-state index in [2.05, 4.69) is 40.6 Å². The number of aromatic nitrogens is 5. The second kappa shape index (κ2) is 11.6. The van der Waals surface area contributed by atoms with E-state index in [1.165, 1.54) is 34.9 Å². The molecule has 2 amide bonds. The first kappa shape index (κ1) is 30.0. The van der Waals surface area contributed by atoms with Crippen molar-refractivity contribution < 1.29 is 23.6 Å². The number of fused-ring (bicyclic) bond motifs is 2. The minimum Gasteiger partial charge on any atom is -0.492 e. The quantitative estimate of drug-likeness (QED) is 0.120. The molecule has 1 aliphatic carbocycles. The van der Waals surface area contributed by atoms with E-state index in [4.69, 9.17) is 5.73 Å². The summed E-state index contributed by atoms with van der Waals surface area (Å²) in [4.78, 5) is 71.7. The van der Waals surface area contributed by atoms with E-state index >= 15 is 0 Å². The highest BCUT2D eigenvalue weighted by atomic mass is 19.1. The number of amides is 2. The minimum absolute atomic E-state index is 0.00376. The van der Waals surface area contributed by atoms with Crippen LogP contribution < -0.4 is 38.3 Å². The highest BCUT2D eigenvalue weighted by Crippen LogP contribution is 2.34. The van der Waals surface area contributed by atoms with Crippen molar-refractivity contribution in [2.45, 2.75) is 32.0 Å². The maximum atomic E-state index is 14.4. The second-order valence-electron chi connectivity index (χ2n) is 11.1. The molecule has 0 aliphatic heterocycles. The largest absolute Gasteiger partial charge is 0.492 e. The van der Waals surface area contributed by atoms with Gasteiger partial charge in [-0.25, -0.2) is 14.2 Å². The van der Waals surface area contributed by atoms with Crippen LogP contribution in [0.3, 0.4) is 0 Å². The lowest BCUT2D eigenvalue weighted by atomic mass is 10.0. The van der Waals surface area contributed by atoms with Gasteiger partial charge < -0.3 is 26.8 Å². The Morgan fingerprint density at radius 2 is 1.90 bits per heavy atom. The molecule has 0 fully saturated rings. The highest BCUT2D eigenvalue weighted by Gasteiger charge is 2.27. The van der Waals surface area contributed by atoms with Gasteiger partial charge in [0.25, 0.3) is 22.7 Å². The number of carbonyl (C=O) groups is 2. The van der Waals surface area contributed by atoms with Gasteiger partial charge in [-0.3, -0.25) is 33.1 Å². The summed E-state index contributed by atoms with van der Waals surface area (Å²) in [5, 5.41) is 22.1. The molecule has 242 valence electrons. The Labute approximate surface area is 267 Å². The Morgan fingerprint density at radius 3 is 2.67 bits per heavy atom. The first-order chi connectivity index (χ1) is 23.0. The number of nitrogens with one attached hydrogen (secondary N) is 4. The number of benzene rings is 2. The van der Waals surface area contributed by atoms with E-state index in [-0.39, 0.29) is 53.2 Å². The summed E-state index contributed by atoms with van der Waals surface area (Å²) in [6.45, 7) is -0.177. The number of nitrogens with two attached hydrogens (primary N) is 1. The second-order valence-corrected chi connectivity index (χ2v) is 11.1. The zero-order valence-corrected chi connectivity index (χ0v) is 24.7. The van der Waals surface area contributed by atoms with Crippen LogP contribution in [0.15, 0.2) is 67.6 Å². The lowest BCUT2D eigenvalue weighted by molar-refractivity contribution is 0.0930. The van der Waals surface area contributed by atoms with Gasteiger partial charge in [0.1, 0.15) is 28.6 Å². The van der Waals surface area contributed by atoms with Gasteiger partial charge in [-0.05, 0) is 53.8 Å². The SMILES string of the molecule is Nc1c(NCc2cc(CNC(=O)c3cc(C(=O)N[C@H]4CCc5cc(-c6noc(=O)[nH]6)ccc54)n4cc(O)nc4n3)ccc2F)c(=O)c1=O. The average Bonchev–Trinajstić information content (AvgIpc) is 3.81. The molecule has 16 nitrogen and oxygen atoms in total. The fraction of sp³-hybridized carbons (Fsp3) is 0.161. The van der Waals surface area contributed by atoms with Crippen LogP contribution in [0.5, 0.6) is 5.88 Å². The predicted octanol–water partition coefficient (Wildman–Crippen LogP) is 1.05. The van der Waals surface area contributed by atoms with Crippen LogP contribution in [0.4, 0.5) is 15.8 Å². The molecule has 0 spiro atoms. The molecule has 0 saturated heterocycles. The van der Waals surface area contributed by atoms with Crippen molar-refractivity contribution in [2.24, 2.45) is 0 Å². The predicted molar refractivity (Wildman–Crippen MR) is 166 cm³/mol. The number of imidazole rings is 1. The van der Waals surface area contributed by atoms with Gasteiger partial charge >= 0.3 is 5.76 Å². The molecule has 48 heavy (non-hydrogen) atoms. The van der Waals surface area contributed by atoms with Gasteiger partial charge in [-0.2, -0.15) is 4.98 Å². The van der Waals surface area contributed by atoms with Crippen LogP contribution in [0.25, 0.3) is 17.2 Å². The molecule has 3 heterocycles. The van der Waals surface area contributed by atoms with Crippen molar-refractivity contribution in [3.63, 3.8) is 0 Å². The molecular weight excluding hydrogens is 629 g/mol. The summed E-state index contributed by atoms with van der Waals surface area (Å²) in [5.74, 6) is -2.66. The van der Waals surface area contributed by atoms with E-state index < -0.39 is 40.1 Å². The maximum absolute atomic E-state index is 14.4. The lowest BCUT2D eigenvalue weighted by Crippen LogP contribution is -2.37. The highest BCUT2D eigenvalue weighted by molar-refractivity contribution is 5.98. The molecule has 3 aromatic heterocycles. The number of aromatic amines is 1. The van der Waals surface area contributed by atoms with Crippen molar-refractivity contribution >= 4 is 29.0 Å². The normalized spacial score (nSPS) is 13.9. The molecular formula is C31H24FN9O7. The van der Waals surface area contributed by atoms with E-state index in [0.717, 1.165) is 11.1 Å². The third-order valence-corrected chi connectivity index (χ3v) is 8.10. The van der Waals surface area contributed by atoms with Crippen molar-refractivity contribution in [2.75, 3.05) is 11.1 Å². The monoisotopic (exact) mass is 653 g/mol. The number of H-pyrrole nitrogens is 1. The molecule has 1 aliphatic rings. The van der Waals surface area contributed by atoms with Gasteiger partial charge in [0.05, 0.1) is 12.2 Å². The zero-order chi connectivity index (χ0) is 33.7. The number of carbonyl (C=O) groups excluding carboxylic acids is 2. The number of halogens is 1. The van der Waals surface area contributed by atoms with Crippen LogP contribution in [-0.2, 0) is 19.5 Å². The summed E-state index contributed by atoms with van der Waals surface area (Å²) < 4.78 is 20.3. The Kier molecular flexibility index (Phi) is 7.26. The lowest BCUT2D eigenvalue weighted by Gasteiger charge is -2.16. The number of anilines is 2. The van der Waals surface area contributed by atoms with E-state index in [9.17, 15) is 33.5 Å². The summed E-state index contributed by atoms with van der Waals surface area (Å²) in [6.07, 6.45) is 2.44. The van der Waals surface area contributed by atoms with E-state index in [1.54, 1.807) is 6.07 Å². The van der Waals surface area contributed by atoms with Crippen LogP contribution >= 0.6 is 0 Å². The zero-order valence-electron chi connectivity index (χ0n) is 24.7. The third kappa shape index (κ3) is 5.42. The van der Waals surface area contributed by atoms with Gasteiger partial charge in [-0.1, -0.05) is 23.4 Å². The van der Waals surface area contributed by atoms with Crippen LogP contribution in [-0.4, -0.2) is 41.4 Å². The Balaban J connectivity index is 1.07. The molecule has 6 aromatic rings. The first-order valence-electron chi connectivity index (χ1n) is 14.5. The number of aromatic hydroxyl groups is 1. The molecule has 17 heteroatoms. The van der Waals surface area contributed by atoms with Gasteiger partial charge in [0, 0.05) is 24.2 Å². The standard InChI is InChI=1S/C31H24FN9O7/c32-18-5-1-13(7-16(18)11-34-24-23(33)25(43)26(24)44)10-35-28(45)20-9-21(41-12-22(42)38-30(41)37-20)29(46)36-19-6-3-14-8-15(2-4-17(14)19)27-39-31(47)48-40-27/h1-2,4-5,7-9,12,19,34,42H,3,6,10-11,33H2,(H,35,45)(H,36,46)(H,39,40,47)/t19-/m0/s1. The molecule has 7 rings (SSSR count). The van der Waals surface area contributed by atoms with Gasteiger partial charge in [0.2, 0.25) is 11.7 Å².